The molecule has 2 heterocycles. The number of hydrogen-bond acceptors (Lipinski definition) is 5. The molecular weight excluding hydrogens is 400 g/mol. The number of carbonyl (C=O) groups excluding carboxylic acids is 1. The van der Waals surface area contributed by atoms with E-state index in [0.29, 0.717) is 23.4 Å². The highest BCUT2D eigenvalue weighted by molar-refractivity contribution is 5.90. The molecule has 2 aromatic carbocycles. The molecule has 32 heavy (non-hydrogen) atoms. The summed E-state index contributed by atoms with van der Waals surface area (Å²) in [5, 5.41) is 9.91. The van der Waals surface area contributed by atoms with E-state index in [1.165, 1.54) is 32.0 Å². The van der Waals surface area contributed by atoms with Crippen molar-refractivity contribution in [3.63, 3.8) is 0 Å². The van der Waals surface area contributed by atoms with Crippen molar-refractivity contribution in [3.8, 4) is 16.9 Å². The highest BCUT2D eigenvalue weighted by atomic mass is 16.3. The molecule has 6 heteroatoms. The van der Waals surface area contributed by atoms with Crippen LogP contribution >= 0.6 is 0 Å². The number of carbonyl (C=O) groups is 1. The fraction of sp³-hybridized carbons (Fsp3) is 0.192. The Morgan fingerprint density at radius 3 is 2.22 bits per heavy atom. The van der Waals surface area contributed by atoms with Crippen LogP contribution in [0.3, 0.4) is 0 Å². The van der Waals surface area contributed by atoms with Crippen molar-refractivity contribution in [1.29, 1.82) is 0 Å². The first-order chi connectivity index (χ1) is 15.5. The second-order valence-electron chi connectivity index (χ2n) is 7.39. The van der Waals surface area contributed by atoms with Crippen LogP contribution in [-0.2, 0) is 4.79 Å². The Morgan fingerprint density at radius 1 is 1.09 bits per heavy atom. The number of anilines is 1. The lowest BCUT2D eigenvalue weighted by molar-refractivity contribution is -0.104. The van der Waals surface area contributed by atoms with E-state index in [4.69, 9.17) is 16.3 Å². The van der Waals surface area contributed by atoms with Crippen molar-refractivity contribution >= 4 is 23.9 Å². The van der Waals surface area contributed by atoms with Gasteiger partial charge in [-0.15, -0.1) is 0 Å². The normalized spacial score (nSPS) is 13.3. The second-order valence-corrected chi connectivity index (χ2v) is 7.39. The number of benzene rings is 2. The molecule has 0 atom stereocenters. The summed E-state index contributed by atoms with van der Waals surface area (Å²) in [5.74, 6) is 0.684. The predicted molar refractivity (Wildman–Crippen MR) is 134 cm³/mol. The van der Waals surface area contributed by atoms with Gasteiger partial charge in [0.25, 0.3) is 0 Å². The SMILES string of the molecule is C=CC=O.CN1CCCC1.N/C(=C\c1c(-c2ccccc2)c[nH]c1N)c1ccccc1O. The maximum Gasteiger partial charge on any atom is 0.142 e. The first kappa shape index (κ1) is 24.5. The Hall–Kier alpha value is -3.77. The number of nitrogens with two attached hydrogens (primary N) is 2. The Bertz CT molecular complexity index is 1010. The molecule has 3 aromatic rings. The van der Waals surface area contributed by atoms with Crippen LogP contribution in [0.25, 0.3) is 22.9 Å². The average Bonchev–Trinajstić information content (AvgIpc) is 3.44. The van der Waals surface area contributed by atoms with Crippen LogP contribution in [0.1, 0.15) is 24.0 Å². The number of aromatic hydroxyl groups is 1. The molecule has 1 aromatic heterocycles. The number of rotatable bonds is 4. The van der Waals surface area contributed by atoms with Crippen molar-refractivity contribution < 1.29 is 9.90 Å². The zero-order valence-electron chi connectivity index (χ0n) is 18.5. The van der Waals surface area contributed by atoms with E-state index in [9.17, 15) is 5.11 Å². The van der Waals surface area contributed by atoms with E-state index in [-0.39, 0.29) is 5.75 Å². The monoisotopic (exact) mass is 432 g/mol. The highest BCUT2D eigenvalue weighted by Gasteiger charge is 2.11. The van der Waals surface area contributed by atoms with Gasteiger partial charge in [0.05, 0.1) is 0 Å². The van der Waals surface area contributed by atoms with Crippen molar-refractivity contribution in [1.82, 2.24) is 9.88 Å². The number of aldehydes is 1. The molecular formula is C26H32N4O2. The third-order valence-corrected chi connectivity index (χ3v) is 4.98. The molecule has 1 aliphatic heterocycles. The second kappa shape index (κ2) is 12.8. The molecule has 0 unspecified atom stereocenters. The summed E-state index contributed by atoms with van der Waals surface area (Å²) < 4.78 is 0. The number of aromatic nitrogens is 1. The van der Waals surface area contributed by atoms with Crippen molar-refractivity contribution in [2.45, 2.75) is 12.8 Å². The van der Waals surface area contributed by atoms with E-state index < -0.39 is 0 Å². The third kappa shape index (κ3) is 7.18. The minimum atomic E-state index is 0.145. The number of hydrogen-bond donors (Lipinski definition) is 4. The maximum atomic E-state index is 9.91. The number of phenolic OH excluding ortho intramolecular Hbond substituents is 1. The number of nitrogen functional groups attached to an aromatic ring is 1. The van der Waals surface area contributed by atoms with Crippen LogP contribution in [0.4, 0.5) is 5.82 Å². The summed E-state index contributed by atoms with van der Waals surface area (Å²) in [6.45, 7) is 5.75. The number of allylic oxidation sites excluding steroid dienone is 1. The molecule has 0 bridgehead atoms. The molecule has 6 nitrogen and oxygen atoms in total. The highest BCUT2D eigenvalue weighted by Crippen LogP contribution is 2.31. The molecule has 0 amide bonds. The molecule has 4 rings (SSSR count). The Labute approximate surface area is 189 Å². The van der Waals surface area contributed by atoms with Crippen LogP contribution in [-0.4, -0.2) is 41.4 Å². The van der Waals surface area contributed by atoms with E-state index >= 15 is 0 Å². The molecule has 168 valence electrons. The van der Waals surface area contributed by atoms with Crippen LogP contribution in [0, 0.1) is 0 Å². The zero-order valence-corrected chi connectivity index (χ0v) is 18.5. The van der Waals surface area contributed by atoms with Gasteiger partial charge in [0.2, 0.25) is 0 Å². The molecule has 0 radical (unpaired) electrons. The van der Waals surface area contributed by atoms with Gasteiger partial charge in [-0.05, 0) is 62.8 Å². The van der Waals surface area contributed by atoms with E-state index in [2.05, 4.69) is 23.5 Å². The van der Waals surface area contributed by atoms with Gasteiger partial charge in [-0.25, -0.2) is 0 Å². The first-order valence-corrected chi connectivity index (χ1v) is 10.5. The van der Waals surface area contributed by atoms with Gasteiger partial charge in [-0.2, -0.15) is 0 Å². The van der Waals surface area contributed by atoms with Gasteiger partial charge in [-0.3, -0.25) is 4.79 Å². The minimum absolute atomic E-state index is 0.145. The lowest BCUT2D eigenvalue weighted by Crippen LogP contribution is -2.10. The van der Waals surface area contributed by atoms with Gasteiger partial charge in [0.1, 0.15) is 17.9 Å². The lowest BCUT2D eigenvalue weighted by atomic mass is 10.0. The Balaban J connectivity index is 0.000000301. The number of aromatic amines is 1. The van der Waals surface area contributed by atoms with Crippen molar-refractivity contribution in [3.05, 3.63) is 84.6 Å². The topological polar surface area (TPSA) is 108 Å². The van der Waals surface area contributed by atoms with Crippen LogP contribution in [0.5, 0.6) is 5.75 Å². The van der Waals surface area contributed by atoms with Crippen LogP contribution < -0.4 is 11.5 Å². The Morgan fingerprint density at radius 2 is 1.69 bits per heavy atom. The smallest absolute Gasteiger partial charge is 0.142 e. The lowest BCUT2D eigenvalue weighted by Gasteiger charge is -2.06. The Kier molecular flexibility index (Phi) is 9.81. The van der Waals surface area contributed by atoms with Crippen molar-refractivity contribution in [2.24, 2.45) is 5.73 Å². The maximum absolute atomic E-state index is 9.91. The standard InChI is InChI=1S/C18H17N3O.C5H11N.C3H4O/c19-16(13-8-4-5-9-17(13)22)10-14-15(11-21-18(14)20)12-6-2-1-3-7-12;1-6-4-2-3-5-6;1-2-3-4/h1-11,21-22H,19-20H2;2-5H2,1H3;2-3H,1H2/b16-10-;;. The van der Waals surface area contributed by atoms with Gasteiger partial charge in [0.15, 0.2) is 0 Å². The number of H-pyrrole nitrogens is 1. The molecule has 1 aliphatic rings. The molecule has 0 saturated carbocycles. The van der Waals surface area contributed by atoms with E-state index in [1.807, 2.05) is 42.6 Å². The number of para-hydroxylation sites is 1. The summed E-state index contributed by atoms with van der Waals surface area (Å²) in [6.07, 6.45) is 8.30. The van der Waals surface area contributed by atoms with Gasteiger partial charge >= 0.3 is 0 Å². The summed E-state index contributed by atoms with van der Waals surface area (Å²) in [6, 6.07) is 16.9. The quantitative estimate of drug-likeness (QED) is 0.358. The molecule has 0 aliphatic carbocycles. The zero-order chi connectivity index (χ0) is 23.3. The minimum Gasteiger partial charge on any atom is -0.507 e. The van der Waals surface area contributed by atoms with Crippen LogP contribution in [0.2, 0.25) is 0 Å². The number of nitrogens with one attached hydrogen (secondary N) is 1. The third-order valence-electron chi connectivity index (χ3n) is 4.98. The predicted octanol–water partition coefficient (Wildman–Crippen LogP) is 4.51. The van der Waals surface area contributed by atoms with Crippen LogP contribution in [0.15, 0.2) is 73.4 Å². The summed E-state index contributed by atoms with van der Waals surface area (Å²) in [7, 11) is 2.17. The fourth-order valence-electron chi connectivity index (χ4n) is 3.29. The first-order valence-electron chi connectivity index (χ1n) is 10.5. The summed E-state index contributed by atoms with van der Waals surface area (Å²) in [5.41, 5.74) is 16.0. The summed E-state index contributed by atoms with van der Waals surface area (Å²) in [4.78, 5) is 14.4. The van der Waals surface area contributed by atoms with Crippen molar-refractivity contribution in [2.75, 3.05) is 25.9 Å². The summed E-state index contributed by atoms with van der Waals surface area (Å²) >= 11 is 0. The molecule has 6 N–H and O–H groups in total. The van der Waals surface area contributed by atoms with E-state index in [1.54, 1.807) is 24.3 Å². The average molecular weight is 433 g/mol. The molecule has 1 saturated heterocycles. The van der Waals surface area contributed by atoms with E-state index in [0.717, 1.165) is 16.7 Å². The van der Waals surface area contributed by atoms with Gasteiger partial charge < -0.3 is 26.5 Å². The number of phenols is 1. The van der Waals surface area contributed by atoms with Gasteiger partial charge in [-0.1, -0.05) is 49.0 Å². The number of nitrogens with zero attached hydrogens (tertiary/aromatic N) is 1. The molecule has 0 spiro atoms. The largest absolute Gasteiger partial charge is 0.507 e. The fourth-order valence-corrected chi connectivity index (χ4v) is 3.29. The van der Waals surface area contributed by atoms with Gasteiger partial charge in [0, 0.05) is 28.6 Å². The number of likely N-dealkylation sites (tertiary alicyclic amines) is 1. The molecule has 1 fully saturated rings.